The summed E-state index contributed by atoms with van der Waals surface area (Å²) in [5.41, 5.74) is 4.43. The van der Waals surface area contributed by atoms with Crippen molar-refractivity contribution < 1.29 is 13.9 Å². The van der Waals surface area contributed by atoms with Gasteiger partial charge in [-0.3, -0.25) is 4.79 Å². The molecule has 0 spiro atoms. The molecule has 0 atom stereocenters. The van der Waals surface area contributed by atoms with Gasteiger partial charge in [0.2, 0.25) is 0 Å². The average molecular weight is 499 g/mol. The van der Waals surface area contributed by atoms with Crippen molar-refractivity contribution in [2.45, 2.75) is 12.3 Å². The number of benzene rings is 1. The zero-order chi connectivity index (χ0) is 24.1. The molecule has 1 aromatic carbocycles. The van der Waals surface area contributed by atoms with E-state index in [9.17, 15) is 9.59 Å². The van der Waals surface area contributed by atoms with Crippen molar-refractivity contribution in [3.8, 4) is 11.1 Å². The number of rotatable bonds is 4. The fourth-order valence-electron chi connectivity index (χ4n) is 4.46. The molecule has 174 valence electrons. The van der Waals surface area contributed by atoms with Gasteiger partial charge < -0.3 is 19.2 Å². The highest BCUT2D eigenvalue weighted by Crippen LogP contribution is 2.45. The molecule has 34 heavy (non-hydrogen) atoms. The van der Waals surface area contributed by atoms with Gasteiger partial charge >= 0.3 is 5.97 Å². The first-order chi connectivity index (χ1) is 16.3. The van der Waals surface area contributed by atoms with E-state index in [-0.39, 0.29) is 22.9 Å². The normalized spacial score (nSPS) is 12.6. The summed E-state index contributed by atoms with van der Waals surface area (Å²) in [7, 11) is 3.02. The Morgan fingerprint density at radius 2 is 2.12 bits per heavy atom. The second-order valence-electron chi connectivity index (χ2n) is 8.02. The zero-order valence-corrected chi connectivity index (χ0v) is 20.2. The molecule has 4 heterocycles. The van der Waals surface area contributed by atoms with Crippen LogP contribution in [0.1, 0.15) is 21.5 Å². The number of pyridine rings is 2. The molecule has 0 radical (unpaired) electrons. The Bertz CT molecular complexity index is 1530. The van der Waals surface area contributed by atoms with Crippen LogP contribution in [0.2, 0.25) is 5.02 Å². The Morgan fingerprint density at radius 3 is 2.82 bits per heavy atom. The van der Waals surface area contributed by atoms with Crippen molar-refractivity contribution in [1.82, 2.24) is 14.5 Å². The van der Waals surface area contributed by atoms with Crippen LogP contribution in [0.3, 0.4) is 0 Å². The summed E-state index contributed by atoms with van der Waals surface area (Å²) >= 11 is 7.53. The van der Waals surface area contributed by atoms with E-state index in [1.165, 1.54) is 23.9 Å². The number of H-pyrrole nitrogens is 1. The van der Waals surface area contributed by atoms with Gasteiger partial charge in [-0.15, -0.1) is 0 Å². The molecule has 0 fully saturated rings. The standard InChI is InChI=1S/C24H20ClFN4O3S/c1-29-10-17-16-4-12(11-34-3)15(24(32)33-2)6-19(16)30(22-18(26)5-14(25)8-28-22)9-13-7-27-21(20(13)17)23(29)31/h4-8,10,27H,9,11H2,1-3H3. The molecule has 0 saturated heterocycles. The van der Waals surface area contributed by atoms with E-state index >= 15 is 4.39 Å². The minimum atomic E-state index is -0.598. The third-order valence-electron chi connectivity index (χ3n) is 5.97. The lowest BCUT2D eigenvalue weighted by molar-refractivity contribution is 0.0600. The van der Waals surface area contributed by atoms with Crippen LogP contribution in [0.15, 0.2) is 41.6 Å². The predicted octanol–water partition coefficient (Wildman–Crippen LogP) is 5.02. The number of aromatic nitrogens is 3. The van der Waals surface area contributed by atoms with Crippen LogP contribution in [0, 0.1) is 5.82 Å². The third kappa shape index (κ3) is 3.47. The van der Waals surface area contributed by atoms with Crippen molar-refractivity contribution in [1.29, 1.82) is 0 Å². The molecule has 1 aliphatic rings. The molecule has 1 N–H and O–H groups in total. The molecule has 0 saturated carbocycles. The number of fused-ring (bicyclic) bond motifs is 2. The molecule has 5 rings (SSSR count). The van der Waals surface area contributed by atoms with E-state index < -0.39 is 11.8 Å². The molecule has 10 heteroatoms. The van der Waals surface area contributed by atoms with Gasteiger partial charge in [-0.25, -0.2) is 14.2 Å². The van der Waals surface area contributed by atoms with E-state index in [0.717, 1.165) is 27.6 Å². The van der Waals surface area contributed by atoms with Crippen molar-refractivity contribution in [2.75, 3.05) is 18.3 Å². The molecule has 0 unspecified atom stereocenters. The lowest BCUT2D eigenvalue weighted by Gasteiger charge is -2.26. The Balaban J connectivity index is 1.90. The van der Waals surface area contributed by atoms with Gasteiger partial charge in [0.15, 0.2) is 11.6 Å². The van der Waals surface area contributed by atoms with Crippen molar-refractivity contribution in [3.63, 3.8) is 0 Å². The maximum atomic E-state index is 15.1. The molecular weight excluding hydrogens is 479 g/mol. The van der Waals surface area contributed by atoms with Gasteiger partial charge in [0.05, 0.1) is 29.9 Å². The minimum Gasteiger partial charge on any atom is -0.465 e. The number of methoxy groups -OCH3 is 1. The summed E-state index contributed by atoms with van der Waals surface area (Å²) in [5.74, 6) is -0.446. The Kier molecular flexibility index (Phi) is 5.61. The number of aromatic amines is 1. The molecular formula is C24H20ClFN4O3S. The van der Waals surface area contributed by atoms with Crippen LogP contribution >= 0.6 is 23.4 Å². The lowest BCUT2D eigenvalue weighted by atomic mass is 9.96. The molecule has 0 amide bonds. The highest BCUT2D eigenvalue weighted by Gasteiger charge is 2.29. The SMILES string of the molecule is COC(=O)c1cc2c(cc1CSC)-c1cn(C)c(=O)c3[nH]cc(c13)CN2c1ncc(Cl)cc1F. The molecule has 0 aliphatic carbocycles. The highest BCUT2D eigenvalue weighted by molar-refractivity contribution is 7.97. The number of carbonyl (C=O) groups excluding carboxylic acids is 1. The number of nitrogens with one attached hydrogen (secondary N) is 1. The maximum absolute atomic E-state index is 15.1. The minimum absolute atomic E-state index is 0.0629. The molecule has 7 nitrogen and oxygen atoms in total. The molecule has 3 aromatic heterocycles. The third-order valence-corrected chi connectivity index (χ3v) is 6.77. The fraction of sp³-hybridized carbons (Fsp3) is 0.208. The Hall–Kier alpha value is -3.30. The summed E-state index contributed by atoms with van der Waals surface area (Å²) < 4.78 is 21.7. The summed E-state index contributed by atoms with van der Waals surface area (Å²) in [6.07, 6.45) is 6.85. The monoisotopic (exact) mass is 498 g/mol. The van der Waals surface area contributed by atoms with Crippen LogP contribution in [0.4, 0.5) is 15.9 Å². The van der Waals surface area contributed by atoms with Gasteiger partial charge in [0.1, 0.15) is 5.52 Å². The number of halogens is 2. The number of aryl methyl sites for hydroxylation is 1. The summed E-state index contributed by atoms with van der Waals surface area (Å²) in [5, 5.41) is 0.944. The van der Waals surface area contributed by atoms with E-state index in [1.54, 1.807) is 42.2 Å². The summed E-state index contributed by atoms with van der Waals surface area (Å²) in [6, 6.07) is 4.84. The van der Waals surface area contributed by atoms with Gasteiger partial charge in [-0.05, 0) is 35.6 Å². The predicted molar refractivity (Wildman–Crippen MR) is 133 cm³/mol. The topological polar surface area (TPSA) is 80.2 Å². The van der Waals surface area contributed by atoms with E-state index in [2.05, 4.69) is 9.97 Å². The number of ether oxygens (including phenoxy) is 1. The average Bonchev–Trinajstić information content (AvgIpc) is 3.18. The maximum Gasteiger partial charge on any atom is 0.338 e. The van der Waals surface area contributed by atoms with Gasteiger partial charge in [-0.1, -0.05) is 11.6 Å². The first-order valence-corrected chi connectivity index (χ1v) is 12.1. The molecule has 1 aliphatic heterocycles. The van der Waals surface area contributed by atoms with Gasteiger partial charge in [0.25, 0.3) is 5.56 Å². The fourth-order valence-corrected chi connectivity index (χ4v) is 5.15. The first-order valence-electron chi connectivity index (χ1n) is 10.4. The summed E-state index contributed by atoms with van der Waals surface area (Å²) in [6.45, 7) is 0.223. The quantitative estimate of drug-likeness (QED) is 0.398. The van der Waals surface area contributed by atoms with Crippen LogP contribution in [0.5, 0.6) is 0 Å². The van der Waals surface area contributed by atoms with Gasteiger partial charge in [-0.2, -0.15) is 11.8 Å². The number of nitrogens with zero attached hydrogens (tertiary/aromatic N) is 3. The van der Waals surface area contributed by atoms with Crippen molar-refractivity contribution in [2.24, 2.45) is 7.05 Å². The van der Waals surface area contributed by atoms with Crippen molar-refractivity contribution in [3.05, 3.63) is 74.7 Å². The van der Waals surface area contributed by atoms with Crippen LogP contribution in [-0.4, -0.2) is 33.9 Å². The Labute approximate surface area is 203 Å². The Morgan fingerprint density at radius 1 is 1.32 bits per heavy atom. The first kappa shape index (κ1) is 22.5. The van der Waals surface area contributed by atoms with E-state index in [4.69, 9.17) is 16.3 Å². The van der Waals surface area contributed by atoms with E-state index in [1.807, 2.05) is 12.3 Å². The number of carbonyl (C=O) groups is 1. The zero-order valence-electron chi connectivity index (χ0n) is 18.6. The number of thioether (sulfide) groups is 1. The van der Waals surface area contributed by atoms with Crippen LogP contribution in [0.25, 0.3) is 22.0 Å². The van der Waals surface area contributed by atoms with E-state index in [0.29, 0.717) is 22.5 Å². The van der Waals surface area contributed by atoms with Crippen molar-refractivity contribution >= 4 is 51.7 Å². The molecule has 4 aromatic rings. The highest BCUT2D eigenvalue weighted by atomic mass is 35.5. The second-order valence-corrected chi connectivity index (χ2v) is 9.32. The number of esters is 1. The van der Waals surface area contributed by atoms with Crippen LogP contribution < -0.4 is 10.5 Å². The smallest absolute Gasteiger partial charge is 0.338 e. The number of hydrogen-bond acceptors (Lipinski definition) is 6. The molecule has 0 bridgehead atoms. The van der Waals surface area contributed by atoms with Gasteiger partial charge in [0, 0.05) is 47.9 Å². The summed E-state index contributed by atoms with van der Waals surface area (Å²) in [4.78, 5) is 34.6. The second kappa shape index (κ2) is 8.48. The van der Waals surface area contributed by atoms with Crippen LogP contribution in [-0.2, 0) is 24.1 Å². The number of hydrogen-bond donors (Lipinski definition) is 1. The largest absolute Gasteiger partial charge is 0.465 e. The number of anilines is 2. The lowest BCUT2D eigenvalue weighted by Crippen LogP contribution is -2.20.